The third kappa shape index (κ3) is 6.27. The van der Waals surface area contributed by atoms with Crippen LogP contribution < -0.4 is 9.62 Å². The highest BCUT2D eigenvalue weighted by Gasteiger charge is 2.32. The Labute approximate surface area is 227 Å². The largest absolute Gasteiger partial charge is 0.478 e. The standard InChI is InChI=1S/C26H31ClN4O6S/c1-2-19-22(26(34)35)20(15-31-12-6-9-21(31)32)28-24(23(19)27)30-13-10-18(11-14-30)25(33)29-38(36,37)16-17-7-4-3-5-8-17/h3-5,7-8,18H,2,6,9-16H2,1H3,(H,29,33)(H,34,35). The van der Waals surface area contributed by atoms with Gasteiger partial charge >= 0.3 is 5.97 Å². The molecule has 1 aromatic heterocycles. The van der Waals surface area contributed by atoms with Crippen LogP contribution in [0.1, 0.15) is 59.8 Å². The first kappa shape index (κ1) is 27.8. The fourth-order valence-corrected chi connectivity index (χ4v) is 6.60. The molecule has 0 atom stereocenters. The van der Waals surface area contributed by atoms with E-state index in [4.69, 9.17) is 11.6 Å². The molecule has 2 amide bonds. The van der Waals surface area contributed by atoms with E-state index >= 15 is 0 Å². The lowest BCUT2D eigenvalue weighted by molar-refractivity contribution is -0.128. The topological polar surface area (TPSA) is 137 Å². The third-order valence-electron chi connectivity index (χ3n) is 6.99. The number of hydrogen-bond donors (Lipinski definition) is 2. The number of benzene rings is 1. The monoisotopic (exact) mass is 562 g/mol. The van der Waals surface area contributed by atoms with Gasteiger partial charge in [0.25, 0.3) is 0 Å². The molecule has 0 bridgehead atoms. The van der Waals surface area contributed by atoms with E-state index in [2.05, 4.69) is 9.71 Å². The number of sulfonamides is 1. The number of carbonyl (C=O) groups excluding carboxylic acids is 2. The van der Waals surface area contributed by atoms with Gasteiger partial charge in [-0.15, -0.1) is 0 Å². The number of pyridine rings is 1. The molecule has 204 valence electrons. The highest BCUT2D eigenvalue weighted by molar-refractivity contribution is 7.89. The van der Waals surface area contributed by atoms with Gasteiger partial charge in [-0.25, -0.2) is 18.2 Å². The van der Waals surface area contributed by atoms with Crippen molar-refractivity contribution in [2.45, 2.75) is 51.3 Å². The molecule has 0 radical (unpaired) electrons. The summed E-state index contributed by atoms with van der Waals surface area (Å²) in [5.74, 6) is -2.07. The molecule has 2 aromatic rings. The average molecular weight is 563 g/mol. The second-order valence-electron chi connectivity index (χ2n) is 9.60. The van der Waals surface area contributed by atoms with Gasteiger partial charge in [0.05, 0.1) is 28.6 Å². The van der Waals surface area contributed by atoms with Crippen LogP contribution in [0.25, 0.3) is 0 Å². The number of rotatable bonds is 9. The number of likely N-dealkylation sites (tertiary alicyclic amines) is 1. The molecule has 1 aromatic carbocycles. The van der Waals surface area contributed by atoms with Gasteiger partial charge in [0.1, 0.15) is 5.82 Å². The highest BCUT2D eigenvalue weighted by atomic mass is 35.5. The zero-order valence-electron chi connectivity index (χ0n) is 21.2. The van der Waals surface area contributed by atoms with Gasteiger partial charge in [-0.1, -0.05) is 48.9 Å². The Bertz CT molecular complexity index is 1330. The molecule has 2 N–H and O–H groups in total. The lowest BCUT2D eigenvalue weighted by Crippen LogP contribution is -2.43. The second kappa shape index (κ2) is 11.7. The number of carbonyl (C=O) groups is 3. The van der Waals surface area contributed by atoms with Crippen LogP contribution in [0.4, 0.5) is 5.82 Å². The second-order valence-corrected chi connectivity index (χ2v) is 11.7. The van der Waals surface area contributed by atoms with Crippen molar-refractivity contribution < 1.29 is 27.9 Å². The average Bonchev–Trinajstić information content (AvgIpc) is 3.28. The molecule has 2 aliphatic rings. The van der Waals surface area contributed by atoms with Crippen molar-refractivity contribution in [1.29, 1.82) is 0 Å². The maximum atomic E-state index is 12.8. The molecule has 0 spiro atoms. The Morgan fingerprint density at radius 2 is 1.84 bits per heavy atom. The fourth-order valence-electron chi connectivity index (χ4n) is 5.03. The number of aromatic nitrogens is 1. The minimum atomic E-state index is -3.83. The predicted octanol–water partition coefficient (Wildman–Crippen LogP) is 2.98. The van der Waals surface area contributed by atoms with Crippen LogP contribution in [-0.2, 0) is 38.3 Å². The van der Waals surface area contributed by atoms with Crippen molar-refractivity contribution in [2.24, 2.45) is 5.92 Å². The number of carboxylic acids is 1. The minimum absolute atomic E-state index is 0.0267. The molecule has 12 heteroatoms. The SMILES string of the molecule is CCc1c(Cl)c(N2CCC(C(=O)NS(=O)(=O)Cc3ccccc3)CC2)nc(CN2CCCC2=O)c1C(=O)O. The van der Waals surface area contributed by atoms with Gasteiger partial charge in [-0.2, -0.15) is 0 Å². The van der Waals surface area contributed by atoms with Crippen LogP contribution in [0.5, 0.6) is 0 Å². The van der Waals surface area contributed by atoms with Crippen LogP contribution >= 0.6 is 11.6 Å². The summed E-state index contributed by atoms with van der Waals surface area (Å²) < 4.78 is 27.2. The molecule has 0 unspecified atom stereocenters. The van der Waals surface area contributed by atoms with Crippen LogP contribution in [0.15, 0.2) is 30.3 Å². The van der Waals surface area contributed by atoms with Gasteiger partial charge in [0.2, 0.25) is 21.8 Å². The van der Waals surface area contributed by atoms with Crippen molar-refractivity contribution in [3.63, 3.8) is 0 Å². The van der Waals surface area contributed by atoms with E-state index in [1.165, 1.54) is 0 Å². The maximum absolute atomic E-state index is 12.8. The van der Waals surface area contributed by atoms with Crippen molar-refractivity contribution in [3.05, 3.63) is 57.7 Å². The number of hydrogen-bond acceptors (Lipinski definition) is 7. The van der Waals surface area contributed by atoms with E-state index in [0.717, 1.165) is 6.42 Å². The number of carboxylic acid groups (broad SMARTS) is 1. The maximum Gasteiger partial charge on any atom is 0.337 e. The lowest BCUT2D eigenvalue weighted by Gasteiger charge is -2.33. The number of anilines is 1. The van der Waals surface area contributed by atoms with E-state index in [0.29, 0.717) is 62.3 Å². The van der Waals surface area contributed by atoms with Crippen molar-refractivity contribution in [3.8, 4) is 0 Å². The van der Waals surface area contributed by atoms with Gasteiger partial charge < -0.3 is 14.9 Å². The lowest BCUT2D eigenvalue weighted by atomic mass is 9.96. The number of nitrogens with zero attached hydrogens (tertiary/aromatic N) is 3. The van der Waals surface area contributed by atoms with E-state index in [9.17, 15) is 27.9 Å². The summed E-state index contributed by atoms with van der Waals surface area (Å²) in [6.07, 6.45) is 2.29. The van der Waals surface area contributed by atoms with E-state index < -0.39 is 27.8 Å². The molecule has 38 heavy (non-hydrogen) atoms. The van der Waals surface area contributed by atoms with Crippen molar-refractivity contribution >= 4 is 45.2 Å². The molecule has 0 saturated carbocycles. The summed E-state index contributed by atoms with van der Waals surface area (Å²) in [5, 5.41) is 10.2. The molecule has 10 nitrogen and oxygen atoms in total. The molecular formula is C26H31ClN4O6S. The van der Waals surface area contributed by atoms with Gasteiger partial charge in [0, 0.05) is 32.0 Å². The Hall–Kier alpha value is -3.18. The summed E-state index contributed by atoms with van der Waals surface area (Å²) in [7, 11) is -3.83. The first-order valence-corrected chi connectivity index (χ1v) is 14.7. The summed E-state index contributed by atoms with van der Waals surface area (Å²) in [6.45, 7) is 3.24. The van der Waals surface area contributed by atoms with Crippen molar-refractivity contribution in [2.75, 3.05) is 24.5 Å². The van der Waals surface area contributed by atoms with Gasteiger partial charge in [0.15, 0.2) is 0 Å². The molecular weight excluding hydrogens is 532 g/mol. The summed E-state index contributed by atoms with van der Waals surface area (Å²) in [6, 6.07) is 8.64. The molecule has 2 fully saturated rings. The smallest absolute Gasteiger partial charge is 0.337 e. The predicted molar refractivity (Wildman–Crippen MR) is 142 cm³/mol. The summed E-state index contributed by atoms with van der Waals surface area (Å²) in [5.41, 5.74) is 1.36. The first-order chi connectivity index (χ1) is 18.1. The Morgan fingerprint density at radius 3 is 2.42 bits per heavy atom. The zero-order valence-corrected chi connectivity index (χ0v) is 22.7. The number of halogens is 1. The normalized spacial score (nSPS) is 16.6. The summed E-state index contributed by atoms with van der Waals surface area (Å²) in [4.78, 5) is 45.2. The van der Waals surface area contributed by atoms with Crippen LogP contribution in [0, 0.1) is 5.92 Å². The van der Waals surface area contributed by atoms with Crippen LogP contribution in [0.2, 0.25) is 5.02 Å². The number of aromatic carboxylic acids is 1. The minimum Gasteiger partial charge on any atom is -0.478 e. The summed E-state index contributed by atoms with van der Waals surface area (Å²) >= 11 is 6.67. The Balaban J connectivity index is 1.48. The van der Waals surface area contributed by atoms with E-state index in [-0.39, 0.29) is 34.5 Å². The number of amides is 2. The van der Waals surface area contributed by atoms with Crippen LogP contribution in [0.3, 0.4) is 0 Å². The first-order valence-electron chi connectivity index (χ1n) is 12.6. The molecule has 3 heterocycles. The molecule has 2 aliphatic heterocycles. The Kier molecular flexibility index (Phi) is 8.57. The van der Waals surface area contributed by atoms with E-state index in [1.807, 2.05) is 11.8 Å². The van der Waals surface area contributed by atoms with Crippen molar-refractivity contribution in [1.82, 2.24) is 14.6 Å². The third-order valence-corrected chi connectivity index (χ3v) is 8.62. The number of nitrogens with one attached hydrogen (secondary N) is 1. The Morgan fingerprint density at radius 1 is 1.16 bits per heavy atom. The number of piperidine rings is 1. The highest BCUT2D eigenvalue weighted by Crippen LogP contribution is 2.35. The zero-order chi connectivity index (χ0) is 27.4. The molecule has 2 saturated heterocycles. The fraction of sp³-hybridized carbons (Fsp3) is 0.462. The molecule has 4 rings (SSSR count). The van der Waals surface area contributed by atoms with Gasteiger partial charge in [-0.05, 0) is 36.8 Å². The van der Waals surface area contributed by atoms with E-state index in [1.54, 1.807) is 35.2 Å². The quantitative estimate of drug-likeness (QED) is 0.476. The molecule has 0 aliphatic carbocycles. The van der Waals surface area contributed by atoms with Gasteiger partial charge in [-0.3, -0.25) is 14.3 Å². The van der Waals surface area contributed by atoms with Crippen LogP contribution in [-0.4, -0.2) is 60.8 Å².